The molecule has 104 valence electrons. The average molecular weight is 255 g/mol. The van der Waals surface area contributed by atoms with Crippen LogP contribution in [0.15, 0.2) is 23.3 Å². The summed E-state index contributed by atoms with van der Waals surface area (Å²) in [4.78, 5) is 11.2. The molecule has 0 atom stereocenters. The maximum absolute atomic E-state index is 11.2. The van der Waals surface area contributed by atoms with Crippen LogP contribution in [0.5, 0.6) is 0 Å². The van der Waals surface area contributed by atoms with E-state index >= 15 is 0 Å². The van der Waals surface area contributed by atoms with E-state index in [1.54, 1.807) is 7.11 Å². The van der Waals surface area contributed by atoms with Crippen LogP contribution >= 0.6 is 0 Å². The number of methoxy groups -OCH3 is 1. The minimum absolute atomic E-state index is 0.283. The fraction of sp³-hybridized carbons (Fsp3) is 0.643. The molecule has 4 nitrogen and oxygen atoms in total. The molecule has 0 unspecified atom stereocenters. The van der Waals surface area contributed by atoms with Gasteiger partial charge in [-0.2, -0.15) is 0 Å². The van der Waals surface area contributed by atoms with Crippen molar-refractivity contribution < 1.29 is 14.3 Å². The van der Waals surface area contributed by atoms with E-state index in [2.05, 4.69) is 32.2 Å². The lowest BCUT2D eigenvalue weighted by atomic mass is 10.1. The van der Waals surface area contributed by atoms with Crippen LogP contribution < -0.4 is 5.32 Å². The third kappa shape index (κ3) is 11.2. The molecule has 4 heteroatoms. The zero-order valence-electron chi connectivity index (χ0n) is 11.9. The van der Waals surface area contributed by atoms with E-state index in [4.69, 9.17) is 9.47 Å². The van der Waals surface area contributed by atoms with Crippen LogP contribution in [0.2, 0.25) is 0 Å². The smallest absolute Gasteiger partial charge is 0.407 e. The number of carbonyl (C=O) groups excluding carboxylic acids is 1. The monoisotopic (exact) mass is 255 g/mol. The van der Waals surface area contributed by atoms with Crippen LogP contribution in [-0.2, 0) is 9.47 Å². The fourth-order valence-corrected chi connectivity index (χ4v) is 1.27. The van der Waals surface area contributed by atoms with Gasteiger partial charge in [-0.3, -0.25) is 0 Å². The lowest BCUT2D eigenvalue weighted by Crippen LogP contribution is -2.25. The molecule has 0 heterocycles. The Labute approximate surface area is 110 Å². The second kappa shape index (κ2) is 10.8. The Balaban J connectivity index is 3.66. The van der Waals surface area contributed by atoms with Crippen molar-refractivity contribution in [3.63, 3.8) is 0 Å². The number of amides is 1. The summed E-state index contributed by atoms with van der Waals surface area (Å²) in [6.07, 6.45) is 5.88. The highest BCUT2D eigenvalue weighted by molar-refractivity contribution is 5.67. The van der Waals surface area contributed by atoms with E-state index in [0.29, 0.717) is 13.2 Å². The van der Waals surface area contributed by atoms with Gasteiger partial charge in [-0.15, -0.1) is 0 Å². The van der Waals surface area contributed by atoms with Gasteiger partial charge in [0.25, 0.3) is 0 Å². The minimum atomic E-state index is -0.402. The van der Waals surface area contributed by atoms with Crippen LogP contribution in [0.25, 0.3) is 0 Å². The van der Waals surface area contributed by atoms with Crippen LogP contribution in [0.4, 0.5) is 4.79 Å². The molecule has 0 aromatic rings. The molecule has 0 aromatic carbocycles. The number of allylic oxidation sites excluding steroid dienone is 3. The van der Waals surface area contributed by atoms with E-state index in [1.807, 2.05) is 6.08 Å². The molecule has 0 radical (unpaired) electrons. The molecule has 1 N–H and O–H groups in total. The molecule has 0 fully saturated rings. The summed E-state index contributed by atoms with van der Waals surface area (Å²) in [5, 5.41) is 2.66. The van der Waals surface area contributed by atoms with Crippen LogP contribution in [0.1, 0.15) is 33.6 Å². The summed E-state index contributed by atoms with van der Waals surface area (Å²) in [5.41, 5.74) is 2.60. The van der Waals surface area contributed by atoms with Gasteiger partial charge >= 0.3 is 6.09 Å². The number of hydrogen-bond donors (Lipinski definition) is 1. The van der Waals surface area contributed by atoms with E-state index in [0.717, 1.165) is 12.8 Å². The van der Waals surface area contributed by atoms with E-state index in [-0.39, 0.29) is 6.61 Å². The van der Waals surface area contributed by atoms with E-state index in [9.17, 15) is 4.79 Å². The molecule has 0 bridgehead atoms. The third-order valence-electron chi connectivity index (χ3n) is 2.31. The molecule has 0 aliphatic heterocycles. The Bertz CT molecular complexity index is 291. The van der Waals surface area contributed by atoms with E-state index < -0.39 is 6.09 Å². The Morgan fingerprint density at radius 1 is 1.17 bits per heavy atom. The quantitative estimate of drug-likeness (QED) is 0.535. The highest BCUT2D eigenvalue weighted by Crippen LogP contribution is 2.05. The summed E-state index contributed by atoms with van der Waals surface area (Å²) in [6, 6.07) is 0. The zero-order chi connectivity index (χ0) is 13.8. The number of rotatable bonds is 8. The van der Waals surface area contributed by atoms with Crippen molar-refractivity contribution in [3.8, 4) is 0 Å². The highest BCUT2D eigenvalue weighted by Gasteiger charge is 1.98. The van der Waals surface area contributed by atoms with Gasteiger partial charge in [0.2, 0.25) is 0 Å². The third-order valence-corrected chi connectivity index (χ3v) is 2.31. The second-order valence-electron chi connectivity index (χ2n) is 4.38. The standard InChI is InChI=1S/C14H25NO3/c1-12(2)6-5-7-13(3)8-9-15-14(16)18-11-10-17-4/h6,8H,5,7,9-11H2,1-4H3,(H,15,16). The summed E-state index contributed by atoms with van der Waals surface area (Å²) in [6.45, 7) is 7.47. The van der Waals surface area contributed by atoms with Gasteiger partial charge in [0, 0.05) is 13.7 Å². The molecule has 0 rings (SSSR count). The van der Waals surface area contributed by atoms with Crippen molar-refractivity contribution >= 4 is 6.09 Å². The Hall–Kier alpha value is -1.29. The Morgan fingerprint density at radius 2 is 1.89 bits per heavy atom. The predicted molar refractivity (Wildman–Crippen MR) is 73.6 cm³/mol. The summed E-state index contributed by atoms with van der Waals surface area (Å²) in [5.74, 6) is 0. The molecule has 0 aliphatic rings. The predicted octanol–water partition coefficient (Wildman–Crippen LogP) is 3.05. The van der Waals surface area contributed by atoms with Crippen molar-refractivity contribution in [2.45, 2.75) is 33.6 Å². The molecule has 0 aliphatic carbocycles. The minimum Gasteiger partial charge on any atom is -0.447 e. The van der Waals surface area contributed by atoms with Crippen molar-refractivity contribution in [1.82, 2.24) is 5.32 Å². The lowest BCUT2D eigenvalue weighted by molar-refractivity contribution is 0.0992. The molecule has 1 amide bonds. The van der Waals surface area contributed by atoms with Crippen LogP contribution in [0, 0.1) is 0 Å². The topological polar surface area (TPSA) is 47.6 Å². The molecule has 0 saturated carbocycles. The Kier molecular flexibility index (Phi) is 10.1. The van der Waals surface area contributed by atoms with Crippen LogP contribution in [-0.4, -0.2) is 33.0 Å². The number of ether oxygens (including phenoxy) is 2. The van der Waals surface area contributed by atoms with Crippen LogP contribution in [0.3, 0.4) is 0 Å². The first kappa shape index (κ1) is 16.7. The maximum Gasteiger partial charge on any atom is 0.407 e. The van der Waals surface area contributed by atoms with Crippen molar-refractivity contribution in [2.24, 2.45) is 0 Å². The first-order chi connectivity index (χ1) is 8.56. The SMILES string of the molecule is COCCOC(=O)NCC=C(C)CCC=C(C)C. The molecule has 18 heavy (non-hydrogen) atoms. The number of hydrogen-bond acceptors (Lipinski definition) is 3. The molecule has 0 aromatic heterocycles. The first-order valence-electron chi connectivity index (χ1n) is 6.24. The second-order valence-corrected chi connectivity index (χ2v) is 4.38. The summed E-state index contributed by atoms with van der Waals surface area (Å²) >= 11 is 0. The highest BCUT2D eigenvalue weighted by atomic mass is 16.6. The summed E-state index contributed by atoms with van der Waals surface area (Å²) in [7, 11) is 1.57. The normalized spacial score (nSPS) is 11.0. The zero-order valence-corrected chi connectivity index (χ0v) is 11.9. The van der Waals surface area contributed by atoms with Crippen molar-refractivity contribution in [3.05, 3.63) is 23.3 Å². The largest absolute Gasteiger partial charge is 0.447 e. The average Bonchev–Trinajstić information content (AvgIpc) is 2.29. The van der Waals surface area contributed by atoms with Crippen molar-refractivity contribution in [2.75, 3.05) is 26.9 Å². The molecule has 0 spiro atoms. The van der Waals surface area contributed by atoms with E-state index in [1.165, 1.54) is 11.1 Å². The van der Waals surface area contributed by atoms with Gasteiger partial charge in [-0.05, 0) is 33.6 Å². The van der Waals surface area contributed by atoms with Gasteiger partial charge in [0.05, 0.1) is 6.61 Å². The number of nitrogens with one attached hydrogen (secondary N) is 1. The van der Waals surface area contributed by atoms with Crippen molar-refractivity contribution in [1.29, 1.82) is 0 Å². The maximum atomic E-state index is 11.2. The Morgan fingerprint density at radius 3 is 2.50 bits per heavy atom. The molecule has 0 saturated heterocycles. The van der Waals surface area contributed by atoms with Gasteiger partial charge in [-0.1, -0.05) is 23.3 Å². The number of alkyl carbamates (subject to hydrolysis) is 1. The van der Waals surface area contributed by atoms with Gasteiger partial charge in [-0.25, -0.2) is 4.79 Å². The summed E-state index contributed by atoms with van der Waals surface area (Å²) < 4.78 is 9.64. The fourth-order valence-electron chi connectivity index (χ4n) is 1.27. The number of carbonyl (C=O) groups is 1. The molecular formula is C14H25NO3. The lowest BCUT2D eigenvalue weighted by Gasteiger charge is -2.05. The van der Waals surface area contributed by atoms with Gasteiger partial charge in [0.15, 0.2) is 0 Å². The molecular weight excluding hydrogens is 230 g/mol. The van der Waals surface area contributed by atoms with Gasteiger partial charge in [0.1, 0.15) is 6.61 Å². The van der Waals surface area contributed by atoms with Gasteiger partial charge < -0.3 is 14.8 Å². The first-order valence-corrected chi connectivity index (χ1v) is 6.24.